The van der Waals surface area contributed by atoms with Gasteiger partial charge in [0.1, 0.15) is 0 Å². The lowest BCUT2D eigenvalue weighted by Gasteiger charge is -2.29. The van der Waals surface area contributed by atoms with Crippen LogP contribution < -0.4 is 5.32 Å². The van der Waals surface area contributed by atoms with Gasteiger partial charge in [0, 0.05) is 30.8 Å². The second-order valence-electron chi connectivity index (χ2n) is 7.09. The fourth-order valence-corrected chi connectivity index (χ4v) is 4.91. The molecule has 2 aliphatic rings. The molecule has 1 N–H and O–H groups in total. The second kappa shape index (κ2) is 8.25. The van der Waals surface area contributed by atoms with Crippen LogP contribution in [0.5, 0.6) is 0 Å². The molecule has 23 heavy (non-hydrogen) atoms. The lowest BCUT2D eigenvalue weighted by atomic mass is 9.93. The zero-order valence-corrected chi connectivity index (χ0v) is 15.1. The minimum absolute atomic E-state index is 0.208. The maximum absolute atomic E-state index is 12.0. The van der Waals surface area contributed by atoms with Crippen molar-refractivity contribution in [2.75, 3.05) is 26.7 Å². The van der Waals surface area contributed by atoms with Gasteiger partial charge in [-0.2, -0.15) is 0 Å². The van der Waals surface area contributed by atoms with Crippen LogP contribution in [0.1, 0.15) is 54.1 Å². The van der Waals surface area contributed by atoms with Gasteiger partial charge in [-0.05, 0) is 64.5 Å². The number of hydrogen-bond donors (Lipinski definition) is 1. The van der Waals surface area contributed by atoms with E-state index in [4.69, 9.17) is 4.98 Å². The number of fused-ring (bicyclic) bond motifs is 1. The normalized spacial score (nSPS) is 21.9. The van der Waals surface area contributed by atoms with Crippen molar-refractivity contribution in [3.8, 4) is 0 Å². The highest BCUT2D eigenvalue weighted by Crippen LogP contribution is 2.26. The Labute approximate surface area is 143 Å². The topological polar surface area (TPSA) is 45.2 Å². The lowest BCUT2D eigenvalue weighted by Crippen LogP contribution is -2.33. The maximum Gasteiger partial charge on any atom is 0.220 e. The van der Waals surface area contributed by atoms with Crippen LogP contribution in [0.2, 0.25) is 0 Å². The van der Waals surface area contributed by atoms with Gasteiger partial charge in [-0.3, -0.25) is 4.79 Å². The van der Waals surface area contributed by atoms with E-state index in [2.05, 4.69) is 17.3 Å². The highest BCUT2D eigenvalue weighted by atomic mass is 32.1. The summed E-state index contributed by atoms with van der Waals surface area (Å²) in [6.07, 6.45) is 10.1. The second-order valence-corrected chi connectivity index (χ2v) is 8.26. The van der Waals surface area contributed by atoms with Crippen LogP contribution in [0.15, 0.2) is 0 Å². The van der Waals surface area contributed by atoms with Gasteiger partial charge >= 0.3 is 0 Å². The average molecular weight is 336 g/mol. The molecule has 1 aromatic rings. The monoisotopic (exact) mass is 335 g/mol. The summed E-state index contributed by atoms with van der Waals surface area (Å²) in [7, 11) is 2.18. The Bertz CT molecular complexity index is 505. The molecule has 5 heteroatoms. The Balaban J connectivity index is 1.33. The number of hydrogen-bond acceptors (Lipinski definition) is 4. The van der Waals surface area contributed by atoms with Gasteiger partial charge in [0.25, 0.3) is 0 Å². The Hall–Kier alpha value is -0.940. The van der Waals surface area contributed by atoms with Crippen molar-refractivity contribution in [3.63, 3.8) is 0 Å². The van der Waals surface area contributed by atoms with E-state index in [-0.39, 0.29) is 5.91 Å². The van der Waals surface area contributed by atoms with E-state index in [1.807, 2.05) is 11.3 Å². The summed E-state index contributed by atoms with van der Waals surface area (Å²) >= 11 is 1.86. The van der Waals surface area contributed by atoms with Crippen LogP contribution >= 0.6 is 11.3 Å². The third-order valence-electron chi connectivity index (χ3n) is 5.05. The van der Waals surface area contributed by atoms with Crippen LogP contribution in [0, 0.1) is 5.92 Å². The molecule has 1 aliphatic carbocycles. The first-order valence-electron chi connectivity index (χ1n) is 9.13. The number of carbonyl (C=O) groups is 1. The molecule has 1 saturated heterocycles. The molecule has 1 aromatic heterocycles. The number of aromatic nitrogens is 1. The molecule has 0 aromatic carbocycles. The van der Waals surface area contributed by atoms with Crippen molar-refractivity contribution in [2.45, 2.75) is 57.8 Å². The van der Waals surface area contributed by atoms with Gasteiger partial charge in [0.2, 0.25) is 5.91 Å². The first kappa shape index (κ1) is 16.9. The number of piperidine rings is 1. The number of aryl methyl sites for hydroxylation is 2. The van der Waals surface area contributed by atoms with E-state index in [1.54, 1.807) is 0 Å². The molecular formula is C18H29N3OS. The van der Waals surface area contributed by atoms with Crippen molar-refractivity contribution in [1.82, 2.24) is 15.2 Å². The number of nitrogens with zero attached hydrogens (tertiary/aromatic N) is 2. The van der Waals surface area contributed by atoms with Crippen molar-refractivity contribution in [3.05, 3.63) is 15.6 Å². The first-order valence-corrected chi connectivity index (χ1v) is 9.95. The molecule has 1 aliphatic heterocycles. The fourth-order valence-electron chi connectivity index (χ4n) is 3.75. The highest BCUT2D eigenvalue weighted by molar-refractivity contribution is 7.11. The smallest absolute Gasteiger partial charge is 0.220 e. The number of carbonyl (C=O) groups excluding carboxylic acids is 1. The summed E-state index contributed by atoms with van der Waals surface area (Å²) in [5.41, 5.74) is 1.32. The molecule has 0 spiro atoms. The Morgan fingerprint density at radius 3 is 3.04 bits per heavy atom. The number of rotatable bonds is 6. The third-order valence-corrected chi connectivity index (χ3v) is 6.27. The number of nitrogens with one attached hydrogen (secondary N) is 1. The van der Waals surface area contributed by atoms with Crippen LogP contribution in [-0.4, -0.2) is 42.5 Å². The Morgan fingerprint density at radius 1 is 1.35 bits per heavy atom. The van der Waals surface area contributed by atoms with Gasteiger partial charge in [-0.25, -0.2) is 4.98 Å². The zero-order valence-electron chi connectivity index (χ0n) is 14.3. The summed E-state index contributed by atoms with van der Waals surface area (Å²) in [5, 5.41) is 4.28. The zero-order chi connectivity index (χ0) is 16.1. The summed E-state index contributed by atoms with van der Waals surface area (Å²) in [5.74, 6) is 0.907. The third kappa shape index (κ3) is 5.01. The summed E-state index contributed by atoms with van der Waals surface area (Å²) in [4.78, 5) is 20.6. The van der Waals surface area contributed by atoms with Crippen molar-refractivity contribution in [1.29, 1.82) is 0 Å². The summed E-state index contributed by atoms with van der Waals surface area (Å²) < 4.78 is 0. The SMILES string of the molecule is CN1CCC[C@H](CCC(=O)NCCc2nc3c(s2)CCCC3)C1. The Morgan fingerprint density at radius 2 is 2.22 bits per heavy atom. The molecule has 3 rings (SSSR count). The molecule has 0 unspecified atom stereocenters. The van der Waals surface area contributed by atoms with Crippen LogP contribution in [0.25, 0.3) is 0 Å². The minimum Gasteiger partial charge on any atom is -0.356 e. The summed E-state index contributed by atoms with van der Waals surface area (Å²) in [6.45, 7) is 3.09. The largest absolute Gasteiger partial charge is 0.356 e. The average Bonchev–Trinajstić information content (AvgIpc) is 2.96. The van der Waals surface area contributed by atoms with E-state index in [9.17, 15) is 4.79 Å². The Kier molecular flexibility index (Phi) is 6.06. The first-order chi connectivity index (χ1) is 11.2. The van der Waals surface area contributed by atoms with Gasteiger partial charge in [-0.15, -0.1) is 11.3 Å². The van der Waals surface area contributed by atoms with E-state index < -0.39 is 0 Å². The van der Waals surface area contributed by atoms with Gasteiger partial charge in [-0.1, -0.05) is 0 Å². The highest BCUT2D eigenvalue weighted by Gasteiger charge is 2.18. The van der Waals surface area contributed by atoms with Crippen LogP contribution in [0.3, 0.4) is 0 Å². The van der Waals surface area contributed by atoms with Crippen molar-refractivity contribution in [2.24, 2.45) is 5.92 Å². The van der Waals surface area contributed by atoms with Crippen molar-refractivity contribution < 1.29 is 4.79 Å². The maximum atomic E-state index is 12.0. The molecular weight excluding hydrogens is 306 g/mol. The van der Waals surface area contributed by atoms with Crippen molar-refractivity contribution >= 4 is 17.2 Å². The van der Waals surface area contributed by atoms with Crippen LogP contribution in [-0.2, 0) is 24.1 Å². The molecule has 1 atom stereocenters. The van der Waals surface area contributed by atoms with E-state index in [0.717, 1.165) is 32.4 Å². The fraction of sp³-hybridized carbons (Fsp3) is 0.778. The molecule has 1 amide bonds. The lowest BCUT2D eigenvalue weighted by molar-refractivity contribution is -0.121. The summed E-state index contributed by atoms with van der Waals surface area (Å²) in [6, 6.07) is 0. The number of likely N-dealkylation sites (tertiary alicyclic amines) is 1. The van der Waals surface area contributed by atoms with E-state index in [0.29, 0.717) is 12.3 Å². The predicted molar refractivity (Wildman–Crippen MR) is 94.9 cm³/mol. The van der Waals surface area contributed by atoms with Gasteiger partial charge in [0.05, 0.1) is 10.7 Å². The molecule has 4 nitrogen and oxygen atoms in total. The number of amides is 1. The quantitative estimate of drug-likeness (QED) is 0.869. The molecule has 0 radical (unpaired) electrons. The van der Waals surface area contributed by atoms with Crippen LogP contribution in [0.4, 0.5) is 0 Å². The molecule has 0 bridgehead atoms. The predicted octanol–water partition coefficient (Wildman–Crippen LogP) is 2.80. The molecule has 128 valence electrons. The van der Waals surface area contributed by atoms with E-state index >= 15 is 0 Å². The minimum atomic E-state index is 0.208. The molecule has 2 heterocycles. The molecule has 0 saturated carbocycles. The standard InChI is InChI=1S/C18H29N3OS/c1-21-12-4-5-14(13-21)8-9-17(22)19-11-10-18-20-15-6-2-3-7-16(15)23-18/h14H,2-13H2,1H3,(H,19,22)/t14-/m1/s1. The molecule has 1 fully saturated rings. The van der Waals surface area contributed by atoms with E-state index in [1.165, 1.54) is 54.2 Å². The van der Waals surface area contributed by atoms with Gasteiger partial charge in [0.15, 0.2) is 0 Å². The van der Waals surface area contributed by atoms with Gasteiger partial charge < -0.3 is 10.2 Å². The number of thiazole rings is 1.